The largest absolute Gasteiger partial charge is 0.279 e. The number of nitrogens with zero attached hydrogens (tertiary/aromatic N) is 4. The predicted molar refractivity (Wildman–Crippen MR) is 98.9 cm³/mol. The van der Waals surface area contributed by atoms with Gasteiger partial charge in [-0.25, -0.2) is 23.4 Å². The average molecular weight is 386 g/mol. The van der Waals surface area contributed by atoms with Gasteiger partial charge < -0.3 is 0 Å². The van der Waals surface area contributed by atoms with E-state index in [0.717, 1.165) is 0 Å². The van der Waals surface area contributed by atoms with Gasteiger partial charge in [0.15, 0.2) is 11.5 Å². The number of sulfonamides is 1. The van der Waals surface area contributed by atoms with Crippen LogP contribution in [0.2, 0.25) is 5.02 Å². The molecule has 0 aliphatic rings. The molecule has 0 fully saturated rings. The Morgan fingerprint density at radius 2 is 1.81 bits per heavy atom. The van der Waals surface area contributed by atoms with E-state index in [-0.39, 0.29) is 10.6 Å². The Labute approximate surface area is 154 Å². The summed E-state index contributed by atoms with van der Waals surface area (Å²) < 4.78 is 29.6. The Morgan fingerprint density at radius 1 is 1.00 bits per heavy atom. The molecule has 0 amide bonds. The topological polar surface area (TPSA) is 89.8 Å². The molecule has 4 rings (SSSR count). The van der Waals surface area contributed by atoms with Crippen LogP contribution in [0.15, 0.2) is 72.1 Å². The lowest BCUT2D eigenvalue weighted by molar-refractivity contribution is 0.601. The fourth-order valence-corrected chi connectivity index (χ4v) is 3.75. The third kappa shape index (κ3) is 3.00. The minimum Gasteiger partial charge on any atom is -0.279 e. The Hall–Kier alpha value is -2.97. The van der Waals surface area contributed by atoms with Crippen molar-refractivity contribution in [2.24, 2.45) is 0 Å². The maximum Gasteiger partial charge on any atom is 0.262 e. The van der Waals surface area contributed by atoms with Crippen LogP contribution in [-0.4, -0.2) is 27.9 Å². The number of benzene rings is 1. The van der Waals surface area contributed by atoms with Gasteiger partial charge in [0.2, 0.25) is 0 Å². The van der Waals surface area contributed by atoms with Gasteiger partial charge in [0.1, 0.15) is 6.33 Å². The number of pyridine rings is 2. The first-order valence-corrected chi connectivity index (χ1v) is 9.42. The molecule has 130 valence electrons. The van der Waals surface area contributed by atoms with Crippen LogP contribution in [0.1, 0.15) is 0 Å². The molecule has 0 radical (unpaired) electrons. The van der Waals surface area contributed by atoms with Crippen molar-refractivity contribution in [3.63, 3.8) is 0 Å². The summed E-state index contributed by atoms with van der Waals surface area (Å²) in [6.07, 6.45) is 4.61. The fourth-order valence-electron chi connectivity index (χ4n) is 2.52. The van der Waals surface area contributed by atoms with Crippen molar-refractivity contribution < 1.29 is 8.42 Å². The van der Waals surface area contributed by atoms with E-state index in [1.807, 2.05) is 6.07 Å². The molecule has 0 unspecified atom stereocenters. The van der Waals surface area contributed by atoms with E-state index in [1.54, 1.807) is 35.0 Å². The second-order valence-electron chi connectivity index (χ2n) is 5.40. The number of halogens is 1. The maximum atomic E-state index is 12.7. The van der Waals surface area contributed by atoms with Crippen molar-refractivity contribution in [1.29, 1.82) is 0 Å². The maximum absolute atomic E-state index is 12.7. The van der Waals surface area contributed by atoms with Gasteiger partial charge in [0, 0.05) is 12.4 Å². The summed E-state index contributed by atoms with van der Waals surface area (Å²) in [5.74, 6) is 0.351. The van der Waals surface area contributed by atoms with Gasteiger partial charge in [-0.15, -0.1) is 0 Å². The first-order chi connectivity index (χ1) is 12.5. The normalized spacial score (nSPS) is 11.6. The van der Waals surface area contributed by atoms with Crippen molar-refractivity contribution >= 4 is 38.5 Å². The molecule has 0 aliphatic heterocycles. The first-order valence-electron chi connectivity index (χ1n) is 7.56. The summed E-state index contributed by atoms with van der Waals surface area (Å²) in [6.45, 7) is 0. The van der Waals surface area contributed by atoms with Crippen LogP contribution in [-0.2, 0) is 10.0 Å². The van der Waals surface area contributed by atoms with Gasteiger partial charge in [-0.1, -0.05) is 29.8 Å². The number of fused-ring (bicyclic) bond motifs is 1. The highest BCUT2D eigenvalue weighted by molar-refractivity contribution is 7.92. The Morgan fingerprint density at radius 3 is 2.62 bits per heavy atom. The number of nitrogens with one attached hydrogen (secondary N) is 1. The minimum atomic E-state index is -3.79. The Kier molecular flexibility index (Phi) is 4.06. The zero-order chi connectivity index (χ0) is 18.1. The SMILES string of the molecule is O=S(=O)(Nc1cc(Cl)cnc1-n1cnc2ncccc21)c1ccccc1. The van der Waals surface area contributed by atoms with E-state index < -0.39 is 10.0 Å². The Bertz CT molecular complexity index is 1190. The van der Waals surface area contributed by atoms with Gasteiger partial charge in [0.05, 0.1) is 21.1 Å². The molecule has 0 saturated carbocycles. The van der Waals surface area contributed by atoms with Crippen LogP contribution in [0.25, 0.3) is 17.0 Å². The van der Waals surface area contributed by atoms with Crippen LogP contribution in [0.4, 0.5) is 5.69 Å². The number of anilines is 1. The van der Waals surface area contributed by atoms with E-state index in [4.69, 9.17) is 11.6 Å². The number of aromatic nitrogens is 4. The summed E-state index contributed by atoms with van der Waals surface area (Å²) >= 11 is 6.04. The average Bonchev–Trinajstić information content (AvgIpc) is 3.06. The number of hydrogen-bond acceptors (Lipinski definition) is 5. The third-order valence-electron chi connectivity index (χ3n) is 3.68. The van der Waals surface area contributed by atoms with Crippen molar-refractivity contribution in [2.75, 3.05) is 4.72 Å². The van der Waals surface area contributed by atoms with Crippen molar-refractivity contribution in [3.8, 4) is 5.82 Å². The van der Waals surface area contributed by atoms with Crippen LogP contribution in [0.5, 0.6) is 0 Å². The molecule has 0 aliphatic carbocycles. The molecule has 0 atom stereocenters. The summed E-state index contributed by atoms with van der Waals surface area (Å²) in [6, 6.07) is 13.2. The lowest BCUT2D eigenvalue weighted by atomic mass is 10.3. The molecule has 26 heavy (non-hydrogen) atoms. The van der Waals surface area contributed by atoms with Gasteiger partial charge >= 0.3 is 0 Å². The highest BCUT2D eigenvalue weighted by Crippen LogP contribution is 2.27. The van der Waals surface area contributed by atoms with E-state index in [1.165, 1.54) is 30.7 Å². The van der Waals surface area contributed by atoms with Crippen LogP contribution < -0.4 is 4.72 Å². The highest BCUT2D eigenvalue weighted by Gasteiger charge is 2.18. The molecule has 0 spiro atoms. The minimum absolute atomic E-state index is 0.142. The van der Waals surface area contributed by atoms with E-state index >= 15 is 0 Å². The van der Waals surface area contributed by atoms with E-state index in [0.29, 0.717) is 22.0 Å². The predicted octanol–water partition coefficient (Wildman–Crippen LogP) is 3.27. The molecule has 9 heteroatoms. The van der Waals surface area contributed by atoms with Crippen molar-refractivity contribution in [1.82, 2.24) is 19.5 Å². The van der Waals surface area contributed by atoms with Crippen molar-refractivity contribution in [2.45, 2.75) is 4.90 Å². The lowest BCUT2D eigenvalue weighted by Gasteiger charge is -2.13. The van der Waals surface area contributed by atoms with Gasteiger partial charge in [0.25, 0.3) is 10.0 Å². The van der Waals surface area contributed by atoms with Crippen LogP contribution >= 0.6 is 11.6 Å². The highest BCUT2D eigenvalue weighted by atomic mass is 35.5. The van der Waals surface area contributed by atoms with Crippen LogP contribution in [0.3, 0.4) is 0 Å². The quantitative estimate of drug-likeness (QED) is 0.582. The Balaban J connectivity index is 1.84. The molecule has 0 saturated heterocycles. The van der Waals surface area contributed by atoms with Gasteiger partial charge in [-0.05, 0) is 30.3 Å². The van der Waals surface area contributed by atoms with Crippen molar-refractivity contribution in [3.05, 3.63) is 72.3 Å². The fraction of sp³-hybridized carbons (Fsp3) is 0. The monoisotopic (exact) mass is 385 g/mol. The summed E-state index contributed by atoms with van der Waals surface area (Å²) in [5.41, 5.74) is 1.47. The molecular weight excluding hydrogens is 374 g/mol. The molecule has 0 bridgehead atoms. The zero-order valence-corrected chi connectivity index (χ0v) is 14.8. The zero-order valence-electron chi connectivity index (χ0n) is 13.2. The summed E-state index contributed by atoms with van der Waals surface area (Å²) in [4.78, 5) is 12.8. The molecule has 7 nitrogen and oxygen atoms in total. The van der Waals surface area contributed by atoms with Gasteiger partial charge in [-0.2, -0.15) is 0 Å². The smallest absolute Gasteiger partial charge is 0.262 e. The third-order valence-corrected chi connectivity index (χ3v) is 5.27. The molecule has 4 aromatic rings. The van der Waals surface area contributed by atoms with Crippen LogP contribution in [0, 0.1) is 0 Å². The van der Waals surface area contributed by atoms with E-state index in [9.17, 15) is 8.42 Å². The summed E-state index contributed by atoms with van der Waals surface area (Å²) in [5, 5.41) is 0.307. The molecule has 3 heterocycles. The van der Waals surface area contributed by atoms with E-state index in [2.05, 4.69) is 19.7 Å². The second-order valence-corrected chi connectivity index (χ2v) is 7.52. The number of imidazole rings is 1. The molecule has 1 aromatic carbocycles. The number of rotatable bonds is 4. The molecule has 3 aromatic heterocycles. The molecule has 1 N–H and O–H groups in total. The van der Waals surface area contributed by atoms with Gasteiger partial charge in [-0.3, -0.25) is 9.29 Å². The number of hydrogen-bond donors (Lipinski definition) is 1. The summed E-state index contributed by atoms with van der Waals surface area (Å²) in [7, 11) is -3.79. The first kappa shape index (κ1) is 16.5. The second kappa shape index (κ2) is 6.40. The molecular formula is C17H12ClN5O2S. The standard InChI is InChI=1S/C17H12ClN5O2S/c18-12-9-14(22-26(24,25)13-5-2-1-3-6-13)17(20-10-12)23-11-21-16-15(23)7-4-8-19-16/h1-11,22H. The lowest BCUT2D eigenvalue weighted by Crippen LogP contribution is -2.15.